The van der Waals surface area contributed by atoms with Crippen molar-refractivity contribution in [3.63, 3.8) is 0 Å². The van der Waals surface area contributed by atoms with E-state index in [0.717, 1.165) is 16.5 Å². The molecule has 13 heteroatoms. The minimum absolute atomic E-state index is 0.230. The highest BCUT2D eigenvalue weighted by Crippen LogP contribution is 2.25. The fourth-order valence-corrected chi connectivity index (χ4v) is 5.38. The summed E-state index contributed by atoms with van der Waals surface area (Å²) in [6.07, 6.45) is 0. The molecule has 45 heavy (non-hydrogen) atoms. The lowest BCUT2D eigenvalue weighted by Crippen LogP contribution is -2.08. The van der Waals surface area contributed by atoms with Crippen molar-refractivity contribution < 1.29 is 19.1 Å². The van der Waals surface area contributed by atoms with Crippen LogP contribution in [0.2, 0.25) is 0 Å². The monoisotopic (exact) mass is 708 g/mol. The molecule has 0 saturated heterocycles. The lowest BCUT2D eigenvalue weighted by atomic mass is 10.1. The molecule has 2 heterocycles. The van der Waals surface area contributed by atoms with Gasteiger partial charge in [-0.05, 0) is 60.4 Å². The number of nitrogens with zero attached hydrogens (tertiary/aromatic N) is 2. The van der Waals surface area contributed by atoms with E-state index in [0.29, 0.717) is 49.2 Å². The van der Waals surface area contributed by atoms with E-state index >= 15 is 0 Å². The topological polar surface area (TPSA) is 166 Å². The summed E-state index contributed by atoms with van der Waals surface area (Å²) in [5.74, 6) is -0.162. The normalized spacial score (nSPS) is 9.69. The summed E-state index contributed by atoms with van der Waals surface area (Å²) >= 11 is 8.60. The van der Waals surface area contributed by atoms with E-state index in [4.69, 9.17) is 5.26 Å². The molecule has 0 bridgehead atoms. The SMILES string of the molecule is COC(=O)c1cccc(CBr)c1.COC(=O)c1cccc(CSc2[nH]c(=O)cc(C)c2C#N)c1.Cc1cc(=O)[nH]c(S)c1C#N. The number of benzene rings is 2. The van der Waals surface area contributed by atoms with Crippen molar-refractivity contribution in [2.45, 2.75) is 35.0 Å². The molecule has 232 valence electrons. The zero-order chi connectivity index (χ0) is 33.5. The number of rotatable bonds is 6. The number of halogens is 1. The van der Waals surface area contributed by atoms with E-state index in [9.17, 15) is 24.4 Å². The third-order valence-corrected chi connectivity index (χ3v) is 7.94. The van der Waals surface area contributed by atoms with Crippen molar-refractivity contribution in [3.05, 3.63) is 126 Å². The standard InChI is InChI=1S/C16H14N2O3S.C9H9BrO2.C7H6N2OS/c1-10-6-14(19)18-15(13(10)8-17)22-9-11-4-3-5-12(7-11)16(20)21-2;1-12-9(11)8-4-2-3-7(5-8)6-10;1-4-2-6(10)9-7(11)5(4)3-8/h3-7H,9H2,1-2H3,(H,18,19);2-5H,6H2,1H3;2H,1H3,(H2,9,10,11). The zero-order valence-electron chi connectivity index (χ0n) is 24.8. The quantitative estimate of drug-likeness (QED) is 0.0964. The molecule has 0 unspecified atom stereocenters. The van der Waals surface area contributed by atoms with Gasteiger partial charge in [-0.25, -0.2) is 9.59 Å². The van der Waals surface area contributed by atoms with E-state index < -0.39 is 5.97 Å². The van der Waals surface area contributed by atoms with Crippen molar-refractivity contribution in [2.24, 2.45) is 0 Å². The van der Waals surface area contributed by atoms with Gasteiger partial charge in [-0.1, -0.05) is 40.2 Å². The number of nitrogens with one attached hydrogen (secondary N) is 2. The van der Waals surface area contributed by atoms with Gasteiger partial charge in [0.25, 0.3) is 0 Å². The number of esters is 2. The highest BCUT2D eigenvalue weighted by molar-refractivity contribution is 9.08. The summed E-state index contributed by atoms with van der Waals surface area (Å²) in [6, 6.07) is 21.2. The van der Waals surface area contributed by atoms with Crippen molar-refractivity contribution in [1.82, 2.24) is 9.97 Å². The molecule has 0 aliphatic carbocycles. The lowest BCUT2D eigenvalue weighted by molar-refractivity contribution is 0.0592. The first-order valence-corrected chi connectivity index (χ1v) is 15.5. The Morgan fingerprint density at radius 3 is 1.80 bits per heavy atom. The number of ether oxygens (including phenoxy) is 2. The van der Waals surface area contributed by atoms with Gasteiger partial charge in [-0.3, -0.25) is 9.59 Å². The van der Waals surface area contributed by atoms with Gasteiger partial charge in [-0.2, -0.15) is 10.5 Å². The first-order chi connectivity index (χ1) is 21.5. The first-order valence-electron chi connectivity index (χ1n) is 13.0. The van der Waals surface area contributed by atoms with Crippen LogP contribution >= 0.6 is 40.3 Å². The van der Waals surface area contributed by atoms with E-state index in [-0.39, 0.29) is 17.1 Å². The number of thioether (sulfide) groups is 1. The molecule has 2 aromatic carbocycles. The Balaban J connectivity index is 0.000000259. The third-order valence-electron chi connectivity index (χ3n) is 5.88. The number of H-pyrrole nitrogens is 2. The maximum Gasteiger partial charge on any atom is 0.337 e. The molecule has 0 radical (unpaired) electrons. The van der Waals surface area contributed by atoms with Crippen LogP contribution in [0, 0.1) is 36.5 Å². The van der Waals surface area contributed by atoms with E-state index in [2.05, 4.69) is 54.1 Å². The minimum atomic E-state index is -0.395. The predicted octanol–water partition coefficient (Wildman–Crippen LogP) is 5.85. The summed E-state index contributed by atoms with van der Waals surface area (Å²) in [6.45, 7) is 3.43. The Bertz CT molecular complexity index is 1850. The van der Waals surface area contributed by atoms with E-state index in [1.807, 2.05) is 24.3 Å². The molecule has 0 aliphatic rings. The van der Waals surface area contributed by atoms with Gasteiger partial charge in [0.2, 0.25) is 11.1 Å². The number of methoxy groups -OCH3 is 2. The molecular weight excluding hydrogens is 680 g/mol. The summed E-state index contributed by atoms with van der Waals surface area (Å²) in [4.78, 5) is 49.9. The number of thiol groups is 1. The Hall–Kier alpha value is -4.56. The van der Waals surface area contributed by atoms with Gasteiger partial charge >= 0.3 is 11.9 Å². The molecule has 0 atom stereocenters. The summed E-state index contributed by atoms with van der Waals surface area (Å²) < 4.78 is 9.27. The first kappa shape index (κ1) is 36.6. The van der Waals surface area contributed by atoms with E-state index in [1.54, 1.807) is 44.2 Å². The average Bonchev–Trinajstić information content (AvgIpc) is 3.03. The number of hydrogen-bond acceptors (Lipinski definition) is 10. The number of aryl methyl sites for hydroxylation is 2. The van der Waals surface area contributed by atoms with Crippen LogP contribution in [0.4, 0.5) is 0 Å². The van der Waals surface area contributed by atoms with Gasteiger partial charge in [-0.15, -0.1) is 24.4 Å². The largest absolute Gasteiger partial charge is 0.465 e. The average molecular weight is 710 g/mol. The second-order valence-corrected chi connectivity index (χ2v) is 11.1. The van der Waals surface area contributed by atoms with Gasteiger partial charge in [0.05, 0.1) is 46.5 Å². The zero-order valence-corrected chi connectivity index (χ0v) is 28.1. The second kappa shape index (κ2) is 18.3. The minimum Gasteiger partial charge on any atom is -0.465 e. The lowest BCUT2D eigenvalue weighted by Gasteiger charge is -2.07. The molecule has 4 aromatic rings. The molecule has 0 fully saturated rings. The second-order valence-electron chi connectivity index (χ2n) is 9.09. The van der Waals surface area contributed by atoms with Gasteiger partial charge in [0.1, 0.15) is 12.1 Å². The summed E-state index contributed by atoms with van der Waals surface area (Å²) in [7, 11) is 2.71. The smallest absolute Gasteiger partial charge is 0.337 e. The molecule has 0 amide bonds. The van der Waals surface area contributed by atoms with Crippen LogP contribution in [0.1, 0.15) is 54.1 Å². The molecule has 0 aliphatic heterocycles. The van der Waals surface area contributed by atoms with Crippen LogP contribution in [0.15, 0.2) is 80.3 Å². The number of aromatic nitrogens is 2. The van der Waals surface area contributed by atoms with Crippen LogP contribution in [0.3, 0.4) is 0 Å². The Kier molecular flexibility index (Phi) is 14.9. The molecule has 4 rings (SSSR count). The van der Waals surface area contributed by atoms with Crippen molar-refractivity contribution in [3.8, 4) is 12.1 Å². The number of hydrogen-bond donors (Lipinski definition) is 3. The molecule has 2 N–H and O–H groups in total. The van der Waals surface area contributed by atoms with E-state index in [1.165, 1.54) is 38.1 Å². The number of carbonyl (C=O) groups is 2. The van der Waals surface area contributed by atoms with Crippen LogP contribution < -0.4 is 11.1 Å². The number of aromatic amines is 2. The van der Waals surface area contributed by atoms with Gasteiger partial charge in [0.15, 0.2) is 0 Å². The number of nitriles is 2. The highest BCUT2D eigenvalue weighted by atomic mass is 79.9. The van der Waals surface area contributed by atoms with Crippen LogP contribution in [0.25, 0.3) is 0 Å². The van der Waals surface area contributed by atoms with Gasteiger partial charge in [0, 0.05) is 23.2 Å². The predicted molar refractivity (Wildman–Crippen MR) is 178 cm³/mol. The van der Waals surface area contributed by atoms with Gasteiger partial charge < -0.3 is 19.4 Å². The Morgan fingerprint density at radius 1 is 0.822 bits per heavy atom. The van der Waals surface area contributed by atoms with Crippen molar-refractivity contribution in [1.29, 1.82) is 10.5 Å². The van der Waals surface area contributed by atoms with Crippen LogP contribution in [0.5, 0.6) is 0 Å². The highest BCUT2D eigenvalue weighted by Gasteiger charge is 2.10. The molecular formula is C32H29BrN4O6S2. The van der Waals surface area contributed by atoms with Crippen molar-refractivity contribution in [2.75, 3.05) is 14.2 Å². The molecule has 0 spiro atoms. The maximum absolute atomic E-state index is 11.5. The molecule has 10 nitrogen and oxygen atoms in total. The number of pyridine rings is 2. The Morgan fingerprint density at radius 2 is 1.31 bits per heavy atom. The third kappa shape index (κ3) is 11.1. The van der Waals surface area contributed by atoms with Crippen LogP contribution in [-0.4, -0.2) is 36.1 Å². The van der Waals surface area contributed by atoms with Crippen molar-refractivity contribution >= 4 is 52.3 Å². The fourth-order valence-electron chi connectivity index (χ4n) is 3.68. The Labute approximate surface area is 278 Å². The van der Waals surface area contributed by atoms with Crippen LogP contribution in [-0.2, 0) is 20.6 Å². The summed E-state index contributed by atoms with van der Waals surface area (Å²) in [5.41, 5.74) is 4.76. The number of carbonyl (C=O) groups excluding carboxylic acids is 2. The summed E-state index contributed by atoms with van der Waals surface area (Å²) in [5, 5.41) is 19.4. The fraction of sp³-hybridized carbons (Fsp3) is 0.188. The molecule has 0 saturated carbocycles. The number of alkyl halides is 1. The molecule has 2 aromatic heterocycles. The maximum atomic E-state index is 11.5.